The molecule has 0 aromatic heterocycles. The quantitative estimate of drug-likeness (QED) is 0.778. The average Bonchev–Trinajstić information content (AvgIpc) is 2.29. The molecule has 1 aromatic rings. The molecule has 0 radical (unpaired) electrons. The summed E-state index contributed by atoms with van der Waals surface area (Å²) in [4.78, 5) is 13.2. The second-order valence-corrected chi connectivity index (χ2v) is 3.61. The van der Waals surface area contributed by atoms with E-state index >= 15 is 0 Å². The Hall–Kier alpha value is -1.42. The molecule has 4 heteroatoms. The van der Waals surface area contributed by atoms with Crippen LogP contribution in [0.3, 0.4) is 0 Å². The lowest BCUT2D eigenvalue weighted by Gasteiger charge is -2.17. The summed E-state index contributed by atoms with van der Waals surface area (Å²) in [6, 6.07) is 5.79. The van der Waals surface area contributed by atoms with Crippen molar-refractivity contribution in [2.45, 2.75) is 19.3 Å². The largest absolute Gasteiger partial charge is 0.396 e. The molecule has 1 N–H and O–H groups in total. The second-order valence-electron chi connectivity index (χ2n) is 3.61. The highest BCUT2D eigenvalue weighted by Crippen LogP contribution is 2.14. The summed E-state index contributed by atoms with van der Waals surface area (Å²) in [7, 11) is 1.66. The molecule has 0 saturated heterocycles. The third-order valence-corrected chi connectivity index (χ3v) is 2.39. The zero-order chi connectivity index (χ0) is 12.0. The second kappa shape index (κ2) is 6.23. The number of benzene rings is 1. The summed E-state index contributed by atoms with van der Waals surface area (Å²) in [5.74, 6) is -0.343. The van der Waals surface area contributed by atoms with Gasteiger partial charge in [0.1, 0.15) is 5.82 Å². The number of amides is 1. The van der Waals surface area contributed by atoms with Gasteiger partial charge in [-0.1, -0.05) is 0 Å². The molecular formula is C12H16FNO2. The van der Waals surface area contributed by atoms with E-state index in [2.05, 4.69) is 0 Å². The SMILES string of the molecule is CN(C(=O)CCCCO)c1ccc(F)cc1. The van der Waals surface area contributed by atoms with Crippen LogP contribution >= 0.6 is 0 Å². The van der Waals surface area contributed by atoms with Crippen molar-refractivity contribution in [2.75, 3.05) is 18.6 Å². The van der Waals surface area contributed by atoms with E-state index in [4.69, 9.17) is 5.11 Å². The lowest BCUT2D eigenvalue weighted by molar-refractivity contribution is -0.118. The Morgan fingerprint density at radius 1 is 1.31 bits per heavy atom. The molecule has 0 unspecified atom stereocenters. The molecule has 3 nitrogen and oxygen atoms in total. The number of carbonyl (C=O) groups is 1. The number of carbonyl (C=O) groups excluding carboxylic acids is 1. The summed E-state index contributed by atoms with van der Waals surface area (Å²) in [5, 5.41) is 8.60. The lowest BCUT2D eigenvalue weighted by Crippen LogP contribution is -2.25. The molecule has 0 saturated carbocycles. The van der Waals surface area contributed by atoms with Gasteiger partial charge in [-0.3, -0.25) is 4.79 Å². The normalized spacial score (nSPS) is 10.2. The van der Waals surface area contributed by atoms with Gasteiger partial charge in [-0.25, -0.2) is 4.39 Å². The first-order valence-electron chi connectivity index (χ1n) is 5.28. The molecule has 0 bridgehead atoms. The molecular weight excluding hydrogens is 209 g/mol. The van der Waals surface area contributed by atoms with E-state index in [1.807, 2.05) is 0 Å². The molecule has 1 amide bonds. The molecule has 1 aromatic carbocycles. The minimum absolute atomic E-state index is 0.0277. The Morgan fingerprint density at radius 3 is 2.50 bits per heavy atom. The van der Waals surface area contributed by atoms with Gasteiger partial charge in [0, 0.05) is 25.8 Å². The van der Waals surface area contributed by atoms with E-state index in [-0.39, 0.29) is 18.3 Å². The average molecular weight is 225 g/mol. The van der Waals surface area contributed by atoms with Crippen molar-refractivity contribution >= 4 is 11.6 Å². The van der Waals surface area contributed by atoms with Crippen molar-refractivity contribution in [2.24, 2.45) is 0 Å². The van der Waals surface area contributed by atoms with Crippen LogP contribution in [0.5, 0.6) is 0 Å². The summed E-state index contributed by atoms with van der Waals surface area (Å²) in [5.41, 5.74) is 0.676. The van der Waals surface area contributed by atoms with Gasteiger partial charge in [0.15, 0.2) is 0 Å². The van der Waals surface area contributed by atoms with Crippen molar-refractivity contribution in [3.8, 4) is 0 Å². The first-order valence-corrected chi connectivity index (χ1v) is 5.28. The number of nitrogens with zero attached hydrogens (tertiary/aromatic N) is 1. The Balaban J connectivity index is 2.53. The number of aliphatic hydroxyl groups is 1. The summed E-state index contributed by atoms with van der Waals surface area (Å²) in [6.45, 7) is 0.105. The molecule has 0 fully saturated rings. The highest BCUT2D eigenvalue weighted by Gasteiger charge is 2.09. The number of aliphatic hydroxyl groups excluding tert-OH is 1. The van der Waals surface area contributed by atoms with Crippen LogP contribution in [0.25, 0.3) is 0 Å². The van der Waals surface area contributed by atoms with Crippen LogP contribution in [-0.2, 0) is 4.79 Å². The lowest BCUT2D eigenvalue weighted by atomic mass is 10.2. The van der Waals surface area contributed by atoms with Crippen molar-refractivity contribution in [1.82, 2.24) is 0 Å². The van der Waals surface area contributed by atoms with Gasteiger partial charge < -0.3 is 10.0 Å². The van der Waals surface area contributed by atoms with Gasteiger partial charge in [-0.05, 0) is 37.1 Å². The predicted octanol–water partition coefficient (Wildman–Crippen LogP) is 1.95. The fraction of sp³-hybridized carbons (Fsp3) is 0.417. The van der Waals surface area contributed by atoms with E-state index < -0.39 is 0 Å². The van der Waals surface area contributed by atoms with Crippen LogP contribution < -0.4 is 4.90 Å². The van der Waals surface area contributed by atoms with Gasteiger partial charge in [0.25, 0.3) is 0 Å². The number of halogens is 1. The maximum Gasteiger partial charge on any atom is 0.226 e. The monoisotopic (exact) mass is 225 g/mol. The smallest absolute Gasteiger partial charge is 0.226 e. The van der Waals surface area contributed by atoms with Gasteiger partial charge >= 0.3 is 0 Å². The van der Waals surface area contributed by atoms with E-state index in [0.29, 0.717) is 24.9 Å². The van der Waals surface area contributed by atoms with E-state index in [9.17, 15) is 9.18 Å². The van der Waals surface area contributed by atoms with E-state index in [1.165, 1.54) is 17.0 Å². The molecule has 0 aliphatic carbocycles. The fourth-order valence-corrected chi connectivity index (χ4v) is 1.36. The molecule has 16 heavy (non-hydrogen) atoms. The molecule has 0 atom stereocenters. The van der Waals surface area contributed by atoms with Gasteiger partial charge in [0.2, 0.25) is 5.91 Å². The third kappa shape index (κ3) is 3.62. The predicted molar refractivity (Wildman–Crippen MR) is 60.7 cm³/mol. The Bertz CT molecular complexity index is 337. The van der Waals surface area contributed by atoms with E-state index in [0.717, 1.165) is 0 Å². The number of hydrogen-bond acceptors (Lipinski definition) is 2. The molecule has 0 heterocycles. The van der Waals surface area contributed by atoms with Crippen LogP contribution in [0, 0.1) is 5.82 Å². The number of anilines is 1. The zero-order valence-corrected chi connectivity index (χ0v) is 9.32. The van der Waals surface area contributed by atoms with Gasteiger partial charge in [0.05, 0.1) is 0 Å². The Labute approximate surface area is 94.5 Å². The van der Waals surface area contributed by atoms with Crippen molar-refractivity contribution in [1.29, 1.82) is 0 Å². The van der Waals surface area contributed by atoms with Gasteiger partial charge in [-0.2, -0.15) is 0 Å². The summed E-state index contributed by atoms with van der Waals surface area (Å²) >= 11 is 0. The minimum Gasteiger partial charge on any atom is -0.396 e. The van der Waals surface area contributed by atoms with E-state index in [1.54, 1.807) is 19.2 Å². The first kappa shape index (κ1) is 12.6. The minimum atomic E-state index is -0.315. The Morgan fingerprint density at radius 2 is 1.94 bits per heavy atom. The molecule has 0 aliphatic rings. The topological polar surface area (TPSA) is 40.5 Å². The maximum atomic E-state index is 12.7. The standard InChI is InChI=1S/C12H16FNO2/c1-14(12(16)4-2-3-9-15)11-7-5-10(13)6-8-11/h5-8,15H,2-4,9H2,1H3. The highest BCUT2D eigenvalue weighted by molar-refractivity contribution is 5.92. The number of rotatable bonds is 5. The fourth-order valence-electron chi connectivity index (χ4n) is 1.36. The highest BCUT2D eigenvalue weighted by atomic mass is 19.1. The third-order valence-electron chi connectivity index (χ3n) is 2.39. The zero-order valence-electron chi connectivity index (χ0n) is 9.32. The van der Waals surface area contributed by atoms with Crippen molar-refractivity contribution in [3.05, 3.63) is 30.1 Å². The van der Waals surface area contributed by atoms with Crippen LogP contribution in [0.4, 0.5) is 10.1 Å². The van der Waals surface area contributed by atoms with Crippen molar-refractivity contribution in [3.63, 3.8) is 0 Å². The maximum absolute atomic E-state index is 12.7. The molecule has 0 spiro atoms. The Kier molecular flexibility index (Phi) is 4.92. The van der Waals surface area contributed by atoms with Crippen LogP contribution in [0.2, 0.25) is 0 Å². The van der Waals surface area contributed by atoms with Crippen molar-refractivity contribution < 1.29 is 14.3 Å². The number of hydrogen-bond donors (Lipinski definition) is 1. The molecule has 0 aliphatic heterocycles. The molecule has 88 valence electrons. The van der Waals surface area contributed by atoms with Crippen LogP contribution in [0.15, 0.2) is 24.3 Å². The van der Waals surface area contributed by atoms with Crippen LogP contribution in [-0.4, -0.2) is 24.7 Å². The first-order chi connectivity index (χ1) is 7.65. The van der Waals surface area contributed by atoms with Gasteiger partial charge in [-0.15, -0.1) is 0 Å². The summed E-state index contributed by atoms with van der Waals surface area (Å²) in [6.07, 6.45) is 1.69. The summed E-state index contributed by atoms with van der Waals surface area (Å²) < 4.78 is 12.7. The number of unbranched alkanes of at least 4 members (excludes halogenated alkanes) is 1. The van der Waals surface area contributed by atoms with Crippen LogP contribution in [0.1, 0.15) is 19.3 Å². The molecule has 1 rings (SSSR count).